The summed E-state index contributed by atoms with van der Waals surface area (Å²) in [4.78, 5) is 17.7. The number of benzene rings is 3. The molecule has 5 nitrogen and oxygen atoms in total. The maximum absolute atomic E-state index is 13.1. The minimum absolute atomic E-state index is 0.189. The molecule has 0 radical (unpaired) electrons. The van der Waals surface area contributed by atoms with Gasteiger partial charge in [0.1, 0.15) is 5.75 Å². The first-order valence-electron chi connectivity index (χ1n) is 13.3. The van der Waals surface area contributed by atoms with Gasteiger partial charge >= 0.3 is 0 Å². The fourth-order valence-electron chi connectivity index (χ4n) is 4.80. The molecule has 3 aromatic rings. The highest BCUT2D eigenvalue weighted by Crippen LogP contribution is 2.29. The number of nitrogens with zero attached hydrogens (tertiary/aromatic N) is 2. The van der Waals surface area contributed by atoms with E-state index < -0.39 is 0 Å². The molecule has 1 amide bonds. The molecular formula is C31H37N3O2S. The van der Waals surface area contributed by atoms with Crippen molar-refractivity contribution in [2.75, 3.05) is 32.8 Å². The van der Waals surface area contributed by atoms with E-state index in [1.165, 1.54) is 24.0 Å². The van der Waals surface area contributed by atoms with Crippen molar-refractivity contribution in [2.45, 2.75) is 38.6 Å². The number of rotatable bonds is 10. The number of carbonyl (C=O) groups is 1. The lowest BCUT2D eigenvalue weighted by Crippen LogP contribution is -2.53. The molecule has 1 fully saturated rings. The van der Waals surface area contributed by atoms with Crippen LogP contribution in [-0.2, 0) is 0 Å². The van der Waals surface area contributed by atoms with Crippen molar-refractivity contribution in [1.29, 1.82) is 0 Å². The van der Waals surface area contributed by atoms with Crippen LogP contribution in [0.1, 0.15) is 60.1 Å². The van der Waals surface area contributed by atoms with Crippen molar-refractivity contribution in [3.8, 4) is 5.75 Å². The maximum atomic E-state index is 13.1. The number of amides is 1. The Balaban J connectivity index is 1.35. The summed E-state index contributed by atoms with van der Waals surface area (Å²) in [7, 11) is 0. The van der Waals surface area contributed by atoms with Crippen molar-refractivity contribution in [2.24, 2.45) is 0 Å². The predicted molar refractivity (Wildman–Crippen MR) is 154 cm³/mol. The number of piperazine rings is 1. The van der Waals surface area contributed by atoms with E-state index in [1.807, 2.05) is 18.2 Å². The zero-order valence-electron chi connectivity index (χ0n) is 21.6. The first-order valence-corrected chi connectivity index (χ1v) is 13.7. The van der Waals surface area contributed by atoms with Gasteiger partial charge in [-0.25, -0.2) is 0 Å². The summed E-state index contributed by atoms with van der Waals surface area (Å²) in [6.45, 7) is 6.01. The Hall–Kier alpha value is -3.22. The lowest BCUT2D eigenvalue weighted by molar-refractivity contribution is 0.0963. The molecule has 4 rings (SSSR count). The van der Waals surface area contributed by atoms with Gasteiger partial charge in [-0.15, -0.1) is 0 Å². The van der Waals surface area contributed by atoms with Crippen LogP contribution in [0, 0.1) is 0 Å². The smallest absolute Gasteiger partial charge is 0.261 e. The number of para-hydroxylation sites is 1. The average Bonchev–Trinajstić information content (AvgIpc) is 2.95. The van der Waals surface area contributed by atoms with Crippen molar-refractivity contribution >= 4 is 23.2 Å². The Bertz CT molecular complexity index is 1090. The second-order valence-corrected chi connectivity index (χ2v) is 9.80. The maximum Gasteiger partial charge on any atom is 0.261 e. The van der Waals surface area contributed by atoms with Crippen LogP contribution in [0.4, 0.5) is 0 Å². The number of thiocarbonyl (C=S) groups is 1. The van der Waals surface area contributed by atoms with Crippen molar-refractivity contribution < 1.29 is 9.53 Å². The van der Waals surface area contributed by atoms with Crippen molar-refractivity contribution in [1.82, 2.24) is 15.1 Å². The van der Waals surface area contributed by atoms with E-state index in [1.54, 1.807) is 6.07 Å². The first kappa shape index (κ1) is 26.8. The van der Waals surface area contributed by atoms with Crippen LogP contribution in [0.5, 0.6) is 5.75 Å². The molecule has 6 heteroatoms. The van der Waals surface area contributed by atoms with E-state index in [0.29, 0.717) is 23.0 Å². The van der Waals surface area contributed by atoms with Gasteiger partial charge in [-0.2, -0.15) is 0 Å². The van der Waals surface area contributed by atoms with Gasteiger partial charge in [-0.3, -0.25) is 15.0 Å². The van der Waals surface area contributed by atoms with Gasteiger partial charge in [-0.05, 0) is 41.9 Å². The molecule has 0 saturated carbocycles. The molecule has 1 saturated heterocycles. The number of hydrogen-bond donors (Lipinski definition) is 1. The topological polar surface area (TPSA) is 44.8 Å². The minimum atomic E-state index is -0.219. The van der Waals surface area contributed by atoms with Crippen LogP contribution in [0.15, 0.2) is 84.9 Å². The van der Waals surface area contributed by atoms with Gasteiger partial charge in [-0.1, -0.05) is 99.0 Å². The SMILES string of the molecule is CCCCCCOc1ccccc1C(=O)NC(=S)N1CCN(C(c2ccccc2)c2ccccc2)CC1. The average molecular weight is 516 g/mol. The summed E-state index contributed by atoms with van der Waals surface area (Å²) in [5, 5.41) is 3.42. The van der Waals surface area contributed by atoms with Gasteiger partial charge in [0.25, 0.3) is 5.91 Å². The third-order valence-electron chi connectivity index (χ3n) is 6.80. The molecule has 0 unspecified atom stereocenters. The van der Waals surface area contributed by atoms with Crippen LogP contribution in [0.25, 0.3) is 0 Å². The van der Waals surface area contributed by atoms with E-state index in [9.17, 15) is 4.79 Å². The molecule has 37 heavy (non-hydrogen) atoms. The predicted octanol–water partition coefficient (Wildman–Crippen LogP) is 6.07. The monoisotopic (exact) mass is 515 g/mol. The van der Waals surface area contributed by atoms with Crippen molar-refractivity contribution in [3.05, 3.63) is 102 Å². The van der Waals surface area contributed by atoms with E-state index in [4.69, 9.17) is 17.0 Å². The second-order valence-electron chi connectivity index (χ2n) is 9.41. The lowest BCUT2D eigenvalue weighted by Gasteiger charge is -2.40. The first-order chi connectivity index (χ1) is 18.2. The molecule has 194 valence electrons. The third kappa shape index (κ3) is 7.40. The normalized spacial score (nSPS) is 13.9. The Morgan fingerprint density at radius 3 is 2.05 bits per heavy atom. The number of carbonyl (C=O) groups excluding carboxylic acids is 1. The largest absolute Gasteiger partial charge is 0.493 e. The number of hydrogen-bond acceptors (Lipinski definition) is 4. The Kier molecular flexibility index (Phi) is 10.1. The number of unbranched alkanes of at least 4 members (excludes halogenated alkanes) is 3. The quantitative estimate of drug-likeness (QED) is 0.262. The summed E-state index contributed by atoms with van der Waals surface area (Å²) in [6, 6.07) is 28.8. The van der Waals surface area contributed by atoms with Crippen LogP contribution < -0.4 is 10.1 Å². The number of nitrogens with one attached hydrogen (secondary N) is 1. The second kappa shape index (κ2) is 13.9. The van der Waals surface area contributed by atoms with Crippen LogP contribution >= 0.6 is 12.2 Å². The Morgan fingerprint density at radius 1 is 0.838 bits per heavy atom. The molecule has 0 aromatic heterocycles. The Morgan fingerprint density at radius 2 is 1.43 bits per heavy atom. The molecule has 0 aliphatic carbocycles. The highest BCUT2D eigenvalue weighted by Gasteiger charge is 2.28. The molecule has 1 aliphatic heterocycles. The summed E-state index contributed by atoms with van der Waals surface area (Å²) in [6.07, 6.45) is 4.50. The molecule has 1 N–H and O–H groups in total. The molecule has 0 spiro atoms. The summed E-state index contributed by atoms with van der Waals surface area (Å²) in [5.41, 5.74) is 3.08. The van der Waals surface area contributed by atoms with Crippen LogP contribution in [-0.4, -0.2) is 53.6 Å². The summed E-state index contributed by atoms with van der Waals surface area (Å²) < 4.78 is 5.93. The molecule has 1 aliphatic rings. The standard InChI is InChI=1S/C31H37N3O2S/c1-2-3-4-13-24-36-28-19-12-11-18-27(28)30(35)32-31(37)34-22-20-33(21-23-34)29(25-14-7-5-8-15-25)26-16-9-6-10-17-26/h5-12,14-19,29H,2-4,13,20-24H2,1H3,(H,32,35,37). The van der Waals surface area contributed by atoms with Gasteiger partial charge in [0.05, 0.1) is 18.2 Å². The minimum Gasteiger partial charge on any atom is -0.493 e. The molecule has 1 heterocycles. The van der Waals surface area contributed by atoms with Crippen LogP contribution in [0.3, 0.4) is 0 Å². The van der Waals surface area contributed by atoms with Crippen molar-refractivity contribution in [3.63, 3.8) is 0 Å². The van der Waals surface area contributed by atoms with Gasteiger partial charge in [0.15, 0.2) is 5.11 Å². The molecule has 0 bridgehead atoms. The molecule has 0 atom stereocenters. The van der Waals surface area contributed by atoms with E-state index in [0.717, 1.165) is 39.0 Å². The lowest BCUT2D eigenvalue weighted by atomic mass is 9.96. The third-order valence-corrected chi connectivity index (χ3v) is 7.17. The van der Waals surface area contributed by atoms with E-state index >= 15 is 0 Å². The fraction of sp³-hybridized carbons (Fsp3) is 0.355. The zero-order chi connectivity index (χ0) is 25.9. The van der Waals surface area contributed by atoms with E-state index in [-0.39, 0.29) is 11.9 Å². The summed E-state index contributed by atoms with van der Waals surface area (Å²) in [5.74, 6) is 0.390. The van der Waals surface area contributed by atoms with Crippen LogP contribution in [0.2, 0.25) is 0 Å². The zero-order valence-corrected chi connectivity index (χ0v) is 22.5. The number of ether oxygens (including phenoxy) is 1. The van der Waals surface area contributed by atoms with Gasteiger partial charge < -0.3 is 9.64 Å². The fourth-order valence-corrected chi connectivity index (χ4v) is 5.08. The van der Waals surface area contributed by atoms with Gasteiger partial charge in [0, 0.05) is 26.2 Å². The highest BCUT2D eigenvalue weighted by atomic mass is 32.1. The van der Waals surface area contributed by atoms with E-state index in [2.05, 4.69) is 82.7 Å². The molecule has 3 aromatic carbocycles. The van der Waals surface area contributed by atoms with Gasteiger partial charge in [0.2, 0.25) is 0 Å². The summed E-state index contributed by atoms with van der Waals surface area (Å²) >= 11 is 5.65. The Labute approximate surface area is 226 Å². The highest BCUT2D eigenvalue weighted by molar-refractivity contribution is 7.80. The molecular weight excluding hydrogens is 478 g/mol.